The van der Waals surface area contributed by atoms with Gasteiger partial charge >= 0.3 is 0 Å². The Kier molecular flexibility index (Phi) is 3.18. The highest BCUT2D eigenvalue weighted by Gasteiger charge is 2.36. The van der Waals surface area contributed by atoms with Crippen LogP contribution in [-0.2, 0) is 0 Å². The van der Waals surface area contributed by atoms with Gasteiger partial charge in [0.15, 0.2) is 0 Å². The van der Waals surface area contributed by atoms with Crippen LogP contribution in [0.5, 0.6) is 0 Å². The lowest BCUT2D eigenvalue weighted by molar-refractivity contribution is 0.169. The van der Waals surface area contributed by atoms with E-state index in [2.05, 4.69) is 46.0 Å². The average Bonchev–Trinajstić information content (AvgIpc) is 2.11. The van der Waals surface area contributed by atoms with E-state index < -0.39 is 0 Å². The molecule has 2 bridgehead atoms. The summed E-state index contributed by atoms with van der Waals surface area (Å²) in [5.74, 6) is 2.67. The fourth-order valence-electron chi connectivity index (χ4n) is 3.54. The van der Waals surface area contributed by atoms with Crippen molar-refractivity contribution in [3.63, 3.8) is 0 Å². The normalized spacial score (nSPS) is 39.4. The number of nitrogens with one attached hydrogen (secondary N) is 1. The van der Waals surface area contributed by atoms with Crippen molar-refractivity contribution < 1.29 is 0 Å². The molecule has 1 N–H and O–H groups in total. The summed E-state index contributed by atoms with van der Waals surface area (Å²) in [6.07, 6.45) is 6.76. The van der Waals surface area contributed by atoms with Gasteiger partial charge in [-0.25, -0.2) is 0 Å². The fourth-order valence-corrected chi connectivity index (χ4v) is 3.54. The van der Waals surface area contributed by atoms with Gasteiger partial charge in [-0.3, -0.25) is 0 Å². The van der Waals surface area contributed by atoms with E-state index >= 15 is 0 Å². The van der Waals surface area contributed by atoms with Gasteiger partial charge in [0.25, 0.3) is 0 Å². The summed E-state index contributed by atoms with van der Waals surface area (Å²) in [4.78, 5) is 0. The summed E-state index contributed by atoms with van der Waals surface area (Å²) in [7, 11) is 0. The van der Waals surface area contributed by atoms with Gasteiger partial charge in [-0.15, -0.1) is 0 Å². The minimum atomic E-state index is 0.231. The highest BCUT2D eigenvalue weighted by Crippen LogP contribution is 2.42. The Morgan fingerprint density at radius 1 is 1.19 bits per heavy atom. The molecule has 0 aromatic rings. The average molecular weight is 221 g/mol. The summed E-state index contributed by atoms with van der Waals surface area (Å²) < 4.78 is 0. The second-order valence-electron chi connectivity index (χ2n) is 7.10. The third-order valence-corrected chi connectivity index (χ3v) is 4.17. The maximum absolute atomic E-state index is 3.79. The molecule has 2 aliphatic carbocycles. The minimum absolute atomic E-state index is 0.231. The third-order valence-electron chi connectivity index (χ3n) is 4.17. The van der Waals surface area contributed by atoms with Crippen molar-refractivity contribution in [2.75, 3.05) is 0 Å². The molecule has 2 aliphatic rings. The van der Waals surface area contributed by atoms with E-state index in [1.54, 1.807) is 5.57 Å². The first-order chi connectivity index (χ1) is 7.35. The Bertz CT molecular complexity index is 284. The van der Waals surface area contributed by atoms with Crippen LogP contribution in [0.4, 0.5) is 0 Å². The van der Waals surface area contributed by atoms with Crippen LogP contribution in [0.2, 0.25) is 0 Å². The number of allylic oxidation sites excluding steroid dienone is 1. The molecule has 0 spiro atoms. The van der Waals surface area contributed by atoms with Crippen molar-refractivity contribution in [1.29, 1.82) is 0 Å². The molecule has 1 heteroatoms. The Balaban J connectivity index is 2.14. The molecule has 0 aliphatic heterocycles. The Labute approximate surface area is 101 Å². The maximum atomic E-state index is 3.79. The van der Waals surface area contributed by atoms with Crippen LogP contribution >= 0.6 is 0 Å². The van der Waals surface area contributed by atoms with Gasteiger partial charge in [-0.1, -0.05) is 18.6 Å². The molecule has 1 saturated carbocycles. The van der Waals surface area contributed by atoms with Crippen LogP contribution in [0, 0.1) is 17.8 Å². The molecular formula is C15H27N. The number of hydrogen-bond donors (Lipinski definition) is 1. The van der Waals surface area contributed by atoms with Crippen molar-refractivity contribution in [3.8, 4) is 0 Å². The van der Waals surface area contributed by atoms with E-state index in [0.29, 0.717) is 6.04 Å². The third kappa shape index (κ3) is 2.68. The molecule has 0 saturated heterocycles. The monoisotopic (exact) mass is 221 g/mol. The Hall–Kier alpha value is -0.300. The molecule has 0 amide bonds. The predicted molar refractivity (Wildman–Crippen MR) is 70.4 cm³/mol. The molecule has 0 aromatic heterocycles. The van der Waals surface area contributed by atoms with E-state index in [4.69, 9.17) is 0 Å². The van der Waals surface area contributed by atoms with Gasteiger partial charge in [0.1, 0.15) is 0 Å². The lowest BCUT2D eigenvalue weighted by atomic mass is 9.66. The van der Waals surface area contributed by atoms with Gasteiger partial charge in [0, 0.05) is 11.6 Å². The lowest BCUT2D eigenvalue weighted by Gasteiger charge is -2.44. The van der Waals surface area contributed by atoms with Crippen LogP contribution in [0.1, 0.15) is 53.9 Å². The number of rotatable bonds is 1. The van der Waals surface area contributed by atoms with E-state index in [0.717, 1.165) is 17.8 Å². The van der Waals surface area contributed by atoms with Gasteiger partial charge in [-0.2, -0.15) is 0 Å². The summed E-state index contributed by atoms with van der Waals surface area (Å²) in [5, 5.41) is 3.79. The molecule has 1 nitrogen and oxygen atoms in total. The molecule has 0 radical (unpaired) electrons. The molecule has 0 aromatic carbocycles. The zero-order valence-electron chi connectivity index (χ0n) is 11.5. The predicted octanol–water partition coefficient (Wildman–Crippen LogP) is 3.76. The first-order valence-corrected chi connectivity index (χ1v) is 6.81. The topological polar surface area (TPSA) is 12.0 Å². The molecule has 0 heterocycles. The largest absolute Gasteiger partial charge is 0.306 e. The van der Waals surface area contributed by atoms with Gasteiger partial charge in [0.05, 0.1) is 0 Å². The minimum Gasteiger partial charge on any atom is -0.306 e. The molecular weight excluding hydrogens is 194 g/mol. The second kappa shape index (κ2) is 4.18. The van der Waals surface area contributed by atoms with Crippen LogP contribution in [-0.4, -0.2) is 11.6 Å². The smallest absolute Gasteiger partial charge is 0.0286 e. The van der Waals surface area contributed by atoms with Crippen LogP contribution < -0.4 is 5.32 Å². The van der Waals surface area contributed by atoms with Gasteiger partial charge < -0.3 is 5.32 Å². The van der Waals surface area contributed by atoms with Crippen LogP contribution in [0.3, 0.4) is 0 Å². The highest BCUT2D eigenvalue weighted by molar-refractivity contribution is 5.17. The molecule has 4 atom stereocenters. The van der Waals surface area contributed by atoms with Crippen LogP contribution in [0.25, 0.3) is 0 Å². The summed E-state index contributed by atoms with van der Waals surface area (Å²) in [6, 6.07) is 0.610. The summed E-state index contributed by atoms with van der Waals surface area (Å²) >= 11 is 0. The highest BCUT2D eigenvalue weighted by atomic mass is 15.0. The van der Waals surface area contributed by atoms with E-state index in [1.165, 1.54) is 19.3 Å². The zero-order valence-corrected chi connectivity index (χ0v) is 11.5. The van der Waals surface area contributed by atoms with Crippen LogP contribution in [0.15, 0.2) is 11.6 Å². The number of hydrogen-bond acceptors (Lipinski definition) is 1. The van der Waals surface area contributed by atoms with Crippen molar-refractivity contribution in [1.82, 2.24) is 5.32 Å². The summed E-state index contributed by atoms with van der Waals surface area (Å²) in [6.45, 7) is 11.6. The Morgan fingerprint density at radius 2 is 1.88 bits per heavy atom. The molecule has 16 heavy (non-hydrogen) atoms. The van der Waals surface area contributed by atoms with Gasteiger partial charge in [0.2, 0.25) is 0 Å². The van der Waals surface area contributed by atoms with Crippen molar-refractivity contribution in [2.24, 2.45) is 17.8 Å². The Morgan fingerprint density at radius 3 is 2.50 bits per heavy atom. The van der Waals surface area contributed by atoms with Crippen molar-refractivity contribution >= 4 is 0 Å². The van der Waals surface area contributed by atoms with Gasteiger partial charge in [-0.05, 0) is 64.7 Å². The zero-order chi connectivity index (χ0) is 11.9. The van der Waals surface area contributed by atoms with E-state index in [1.807, 2.05) is 0 Å². The van der Waals surface area contributed by atoms with E-state index in [9.17, 15) is 0 Å². The molecule has 1 fully saturated rings. The molecule has 4 unspecified atom stereocenters. The summed E-state index contributed by atoms with van der Waals surface area (Å²) in [5.41, 5.74) is 1.86. The van der Waals surface area contributed by atoms with E-state index in [-0.39, 0.29) is 5.54 Å². The molecule has 92 valence electrons. The fraction of sp³-hybridized carbons (Fsp3) is 0.867. The SMILES string of the molecule is CC1=CC(NC(C)(C)C)C2CC(C)CC1C2. The van der Waals surface area contributed by atoms with Crippen molar-refractivity contribution in [2.45, 2.75) is 65.5 Å². The number of fused-ring (bicyclic) bond motifs is 2. The second-order valence-corrected chi connectivity index (χ2v) is 7.10. The molecule has 2 rings (SSSR count). The first-order valence-electron chi connectivity index (χ1n) is 6.81. The lowest BCUT2D eigenvalue weighted by Crippen LogP contribution is -2.49. The quantitative estimate of drug-likeness (QED) is 0.665. The first kappa shape index (κ1) is 12.2. The maximum Gasteiger partial charge on any atom is 0.0286 e. The standard InChI is InChI=1S/C15H27N/c1-10-6-12-9-13(7-10)14(8-11(12)2)16-15(3,4)5/h8,10,12-14,16H,6-7,9H2,1-5H3. The van der Waals surface area contributed by atoms with Crippen molar-refractivity contribution in [3.05, 3.63) is 11.6 Å².